The van der Waals surface area contributed by atoms with E-state index in [1.807, 2.05) is 0 Å². The van der Waals surface area contributed by atoms with Crippen molar-refractivity contribution in [1.82, 2.24) is 0 Å². The number of nitrogens with two attached hydrogens (primary N) is 1. The van der Waals surface area contributed by atoms with E-state index in [0.29, 0.717) is 0 Å². The Balaban J connectivity index is 3.04. The van der Waals surface area contributed by atoms with Gasteiger partial charge >= 0.3 is 6.18 Å². The maximum absolute atomic E-state index is 12.5. The fourth-order valence-electron chi connectivity index (χ4n) is 1.21. The van der Waals surface area contributed by atoms with Gasteiger partial charge in [-0.3, -0.25) is 4.21 Å². The standard InChI is InChI=1S/C11H14F3NOS/c1-7(15)8(2)17(16)10-5-3-4-9(6-10)11(12,13)14/h3-8H,15H2,1-2H3. The minimum atomic E-state index is -4.42. The smallest absolute Gasteiger partial charge is 0.327 e. The third-order valence-electron chi connectivity index (χ3n) is 2.47. The third kappa shape index (κ3) is 3.54. The molecule has 2 N–H and O–H groups in total. The van der Waals surface area contributed by atoms with E-state index in [0.717, 1.165) is 12.1 Å². The Kier molecular flexibility index (Phi) is 4.32. The molecule has 1 aromatic rings. The highest BCUT2D eigenvalue weighted by Crippen LogP contribution is 2.30. The summed E-state index contributed by atoms with van der Waals surface area (Å²) in [6, 6.07) is 4.20. The van der Waals surface area contributed by atoms with Gasteiger partial charge in [-0.25, -0.2) is 0 Å². The summed E-state index contributed by atoms with van der Waals surface area (Å²) >= 11 is 0. The Hall–Kier alpha value is -0.880. The monoisotopic (exact) mass is 265 g/mol. The van der Waals surface area contributed by atoms with Crippen molar-refractivity contribution in [2.45, 2.75) is 36.2 Å². The zero-order chi connectivity index (χ0) is 13.2. The maximum Gasteiger partial charge on any atom is 0.416 e. The van der Waals surface area contributed by atoms with Crippen molar-refractivity contribution in [2.75, 3.05) is 0 Å². The SMILES string of the molecule is CC(N)C(C)S(=O)c1cccc(C(F)(F)F)c1. The second-order valence-corrected chi connectivity index (χ2v) is 5.70. The number of hydrogen-bond acceptors (Lipinski definition) is 2. The maximum atomic E-state index is 12.5. The number of rotatable bonds is 3. The average Bonchev–Trinajstić information content (AvgIpc) is 2.26. The molecule has 1 aromatic carbocycles. The van der Waals surface area contributed by atoms with Gasteiger partial charge in [0.2, 0.25) is 0 Å². The predicted octanol–water partition coefficient (Wildman–Crippen LogP) is 2.55. The van der Waals surface area contributed by atoms with Crippen molar-refractivity contribution in [3.8, 4) is 0 Å². The number of benzene rings is 1. The molecule has 96 valence electrons. The second-order valence-electron chi connectivity index (χ2n) is 3.89. The molecule has 1 rings (SSSR count). The Morgan fingerprint density at radius 1 is 1.29 bits per heavy atom. The highest BCUT2D eigenvalue weighted by Gasteiger charge is 2.31. The molecule has 0 spiro atoms. The summed E-state index contributed by atoms with van der Waals surface area (Å²) in [5, 5.41) is -0.390. The van der Waals surface area contributed by atoms with Gasteiger partial charge in [-0.05, 0) is 32.0 Å². The highest BCUT2D eigenvalue weighted by molar-refractivity contribution is 7.85. The van der Waals surface area contributed by atoms with E-state index in [-0.39, 0.29) is 10.9 Å². The van der Waals surface area contributed by atoms with E-state index in [1.54, 1.807) is 13.8 Å². The predicted molar refractivity (Wildman–Crippen MR) is 61.0 cm³/mol. The van der Waals surface area contributed by atoms with Crippen LogP contribution in [0, 0.1) is 0 Å². The van der Waals surface area contributed by atoms with Crippen LogP contribution < -0.4 is 5.73 Å². The lowest BCUT2D eigenvalue weighted by Crippen LogP contribution is -2.32. The van der Waals surface area contributed by atoms with Crippen molar-refractivity contribution < 1.29 is 17.4 Å². The Morgan fingerprint density at radius 2 is 1.88 bits per heavy atom. The molecule has 3 unspecified atom stereocenters. The Morgan fingerprint density at radius 3 is 2.35 bits per heavy atom. The van der Waals surface area contributed by atoms with Crippen LogP contribution in [0.5, 0.6) is 0 Å². The molecule has 0 aliphatic carbocycles. The molecule has 2 nitrogen and oxygen atoms in total. The van der Waals surface area contributed by atoms with Gasteiger partial charge in [0.25, 0.3) is 0 Å². The van der Waals surface area contributed by atoms with E-state index in [4.69, 9.17) is 5.73 Å². The van der Waals surface area contributed by atoms with Crippen LogP contribution in [0.1, 0.15) is 19.4 Å². The van der Waals surface area contributed by atoms with Gasteiger partial charge in [0.1, 0.15) is 0 Å². The van der Waals surface area contributed by atoms with Gasteiger partial charge in [0.05, 0.1) is 21.6 Å². The first-order valence-corrected chi connectivity index (χ1v) is 6.28. The molecule has 6 heteroatoms. The van der Waals surface area contributed by atoms with Crippen LogP contribution in [0.2, 0.25) is 0 Å². The Bertz CT molecular complexity index is 417. The first-order valence-electron chi connectivity index (χ1n) is 5.07. The minimum absolute atomic E-state index is 0.157. The molecule has 0 bridgehead atoms. The molecular formula is C11H14F3NOS. The first-order chi connectivity index (χ1) is 7.73. The molecule has 0 aromatic heterocycles. The van der Waals surface area contributed by atoms with Gasteiger partial charge in [-0.2, -0.15) is 13.2 Å². The number of hydrogen-bond donors (Lipinski definition) is 1. The lowest BCUT2D eigenvalue weighted by atomic mass is 10.2. The minimum Gasteiger partial charge on any atom is -0.327 e. The molecule has 0 heterocycles. The van der Waals surface area contributed by atoms with Crippen molar-refractivity contribution in [3.05, 3.63) is 29.8 Å². The summed E-state index contributed by atoms with van der Waals surface area (Å²) in [6.07, 6.45) is -4.42. The topological polar surface area (TPSA) is 43.1 Å². The first kappa shape index (κ1) is 14.2. The summed E-state index contributed by atoms with van der Waals surface area (Å²) in [6.45, 7) is 3.33. The van der Waals surface area contributed by atoms with Crippen LogP contribution in [0.25, 0.3) is 0 Å². The summed E-state index contributed by atoms with van der Waals surface area (Å²) < 4.78 is 49.3. The molecule has 0 saturated heterocycles. The van der Waals surface area contributed by atoms with E-state index in [9.17, 15) is 17.4 Å². The van der Waals surface area contributed by atoms with E-state index in [1.165, 1.54) is 12.1 Å². The van der Waals surface area contributed by atoms with Crippen LogP contribution in [0.15, 0.2) is 29.2 Å². The normalized spacial score (nSPS) is 17.5. The quantitative estimate of drug-likeness (QED) is 0.912. The summed E-state index contributed by atoms with van der Waals surface area (Å²) in [5.74, 6) is 0. The van der Waals surface area contributed by atoms with Gasteiger partial charge in [-0.15, -0.1) is 0 Å². The van der Waals surface area contributed by atoms with Crippen LogP contribution in [-0.4, -0.2) is 15.5 Å². The fourth-order valence-corrected chi connectivity index (χ4v) is 2.48. The van der Waals surface area contributed by atoms with E-state index in [2.05, 4.69) is 0 Å². The number of alkyl halides is 3. The van der Waals surface area contributed by atoms with Crippen molar-refractivity contribution in [2.24, 2.45) is 5.73 Å². The molecule has 17 heavy (non-hydrogen) atoms. The molecule has 0 fully saturated rings. The van der Waals surface area contributed by atoms with Crippen LogP contribution >= 0.6 is 0 Å². The fraction of sp³-hybridized carbons (Fsp3) is 0.455. The molecule has 3 atom stereocenters. The third-order valence-corrected chi connectivity index (χ3v) is 4.29. The Labute approximate surface area is 100 Å². The highest BCUT2D eigenvalue weighted by atomic mass is 32.2. The summed E-state index contributed by atoms with van der Waals surface area (Å²) in [4.78, 5) is 0.157. The van der Waals surface area contributed by atoms with Gasteiger partial charge in [0.15, 0.2) is 0 Å². The molecule has 0 radical (unpaired) electrons. The molecule has 0 aliphatic rings. The van der Waals surface area contributed by atoms with Gasteiger partial charge < -0.3 is 5.73 Å². The van der Waals surface area contributed by atoms with Crippen LogP contribution in [-0.2, 0) is 17.0 Å². The molecule has 0 amide bonds. The number of halogens is 3. The zero-order valence-electron chi connectivity index (χ0n) is 9.49. The van der Waals surface area contributed by atoms with Crippen molar-refractivity contribution in [1.29, 1.82) is 0 Å². The lowest BCUT2D eigenvalue weighted by molar-refractivity contribution is -0.137. The van der Waals surface area contributed by atoms with E-state index >= 15 is 0 Å². The lowest BCUT2D eigenvalue weighted by Gasteiger charge is -2.16. The van der Waals surface area contributed by atoms with Crippen LogP contribution in [0.4, 0.5) is 13.2 Å². The zero-order valence-corrected chi connectivity index (χ0v) is 10.3. The molecule has 0 saturated carbocycles. The van der Waals surface area contributed by atoms with Crippen molar-refractivity contribution >= 4 is 10.8 Å². The van der Waals surface area contributed by atoms with Gasteiger partial charge in [0, 0.05) is 10.9 Å². The average molecular weight is 265 g/mol. The molecule has 0 aliphatic heterocycles. The van der Waals surface area contributed by atoms with Crippen molar-refractivity contribution in [3.63, 3.8) is 0 Å². The van der Waals surface area contributed by atoms with Gasteiger partial charge in [-0.1, -0.05) is 6.07 Å². The van der Waals surface area contributed by atoms with E-state index < -0.39 is 27.8 Å². The summed E-state index contributed by atoms with van der Waals surface area (Å²) in [7, 11) is -1.53. The molecular weight excluding hydrogens is 251 g/mol. The summed E-state index contributed by atoms with van der Waals surface area (Å²) in [5.41, 5.74) is 4.79. The van der Waals surface area contributed by atoms with Crippen LogP contribution in [0.3, 0.4) is 0 Å². The second kappa shape index (κ2) is 5.18. The largest absolute Gasteiger partial charge is 0.416 e.